The summed E-state index contributed by atoms with van der Waals surface area (Å²) in [5.74, 6) is 0.115. The van der Waals surface area contributed by atoms with Crippen LogP contribution in [-0.4, -0.2) is 59.6 Å². The highest BCUT2D eigenvalue weighted by atomic mass is 32.1. The van der Waals surface area contributed by atoms with Gasteiger partial charge >= 0.3 is 0 Å². The van der Waals surface area contributed by atoms with E-state index in [0.29, 0.717) is 19.8 Å². The monoisotopic (exact) mass is 359 g/mol. The smallest absolute Gasteiger partial charge is 0.242 e. The van der Waals surface area contributed by atoms with Crippen LogP contribution in [0.4, 0.5) is 0 Å². The summed E-state index contributed by atoms with van der Waals surface area (Å²) in [4.78, 5) is 21.6. The number of benzene rings is 1. The van der Waals surface area contributed by atoms with Gasteiger partial charge in [0.25, 0.3) is 0 Å². The third-order valence-electron chi connectivity index (χ3n) is 4.64. The molecule has 0 spiro atoms. The molecule has 1 amide bonds. The number of carbonyl (C=O) groups excluding carboxylic acids is 1. The van der Waals surface area contributed by atoms with E-state index in [1.54, 1.807) is 16.2 Å². The van der Waals surface area contributed by atoms with E-state index >= 15 is 0 Å². The van der Waals surface area contributed by atoms with Gasteiger partial charge in [-0.2, -0.15) is 0 Å². The van der Waals surface area contributed by atoms with Crippen LogP contribution >= 0.6 is 11.3 Å². The largest absolute Gasteiger partial charge is 0.379 e. The Morgan fingerprint density at radius 1 is 1.28 bits per heavy atom. The molecule has 1 aliphatic rings. The number of thiazole rings is 1. The van der Waals surface area contributed by atoms with Crippen LogP contribution in [-0.2, 0) is 16.1 Å². The first-order valence-electron chi connectivity index (χ1n) is 8.56. The average molecular weight is 359 g/mol. The summed E-state index contributed by atoms with van der Waals surface area (Å²) in [6.07, 6.45) is 0. The van der Waals surface area contributed by atoms with Crippen molar-refractivity contribution >= 4 is 17.2 Å². The van der Waals surface area contributed by atoms with Crippen molar-refractivity contribution in [1.82, 2.24) is 14.8 Å². The Morgan fingerprint density at radius 3 is 2.64 bits per heavy atom. The van der Waals surface area contributed by atoms with Crippen molar-refractivity contribution in [2.75, 3.05) is 33.4 Å². The number of rotatable bonds is 5. The molecule has 0 bridgehead atoms. The van der Waals surface area contributed by atoms with Crippen molar-refractivity contribution in [2.45, 2.75) is 25.9 Å². The lowest BCUT2D eigenvalue weighted by atomic mass is 10.00. The molecular formula is C19H25N3O2S. The number of amides is 1. The van der Waals surface area contributed by atoms with Crippen LogP contribution in [0.15, 0.2) is 35.7 Å². The van der Waals surface area contributed by atoms with Gasteiger partial charge in [-0.15, -0.1) is 11.3 Å². The average Bonchev–Trinajstić information content (AvgIpc) is 3.11. The maximum atomic E-state index is 13.0. The van der Waals surface area contributed by atoms with Crippen LogP contribution in [0.5, 0.6) is 0 Å². The number of ether oxygens (including phenoxy) is 1. The van der Waals surface area contributed by atoms with Crippen LogP contribution in [0.2, 0.25) is 0 Å². The quantitative estimate of drug-likeness (QED) is 0.823. The molecule has 6 heteroatoms. The zero-order valence-electron chi connectivity index (χ0n) is 15.1. The van der Waals surface area contributed by atoms with Crippen LogP contribution < -0.4 is 0 Å². The van der Waals surface area contributed by atoms with Crippen molar-refractivity contribution < 1.29 is 9.53 Å². The van der Waals surface area contributed by atoms with Crippen molar-refractivity contribution in [3.8, 4) is 10.6 Å². The number of carbonyl (C=O) groups is 1. The third kappa shape index (κ3) is 4.08. The van der Waals surface area contributed by atoms with Crippen LogP contribution in [0.25, 0.3) is 10.6 Å². The third-order valence-corrected chi connectivity index (χ3v) is 5.58. The molecule has 1 aliphatic heterocycles. The van der Waals surface area contributed by atoms with Gasteiger partial charge in [0.2, 0.25) is 5.91 Å². The first-order valence-corrected chi connectivity index (χ1v) is 9.44. The van der Waals surface area contributed by atoms with E-state index in [2.05, 4.69) is 22.0 Å². The predicted octanol–water partition coefficient (Wildman–Crippen LogP) is 2.88. The Morgan fingerprint density at radius 2 is 1.96 bits per heavy atom. The second-order valence-corrected chi connectivity index (χ2v) is 7.69. The van der Waals surface area contributed by atoms with Gasteiger partial charge in [0.05, 0.1) is 31.0 Å². The standard InChI is InChI=1S/C19H25N3O2S/c1-19(2,22-9-11-24-12-10-22)18(23)21(3)13-16-14-25-17(20-16)15-7-5-4-6-8-15/h4-8,14H,9-13H2,1-3H3. The predicted molar refractivity (Wildman–Crippen MR) is 100 cm³/mol. The Balaban J connectivity index is 1.66. The SMILES string of the molecule is CN(Cc1csc(-c2ccccc2)n1)C(=O)C(C)(C)N1CCOCC1. The Labute approximate surface area is 153 Å². The fraction of sp³-hybridized carbons (Fsp3) is 0.474. The maximum absolute atomic E-state index is 13.0. The lowest BCUT2D eigenvalue weighted by molar-refractivity contribution is -0.144. The van der Waals surface area contributed by atoms with E-state index in [1.165, 1.54) is 0 Å². The molecule has 2 aromatic rings. The van der Waals surface area contributed by atoms with Gasteiger partial charge in [-0.3, -0.25) is 9.69 Å². The Bertz CT molecular complexity index is 708. The lowest BCUT2D eigenvalue weighted by Gasteiger charge is -2.41. The van der Waals surface area contributed by atoms with Gasteiger partial charge in [0.15, 0.2) is 0 Å². The number of nitrogens with zero attached hydrogens (tertiary/aromatic N) is 3. The highest BCUT2D eigenvalue weighted by molar-refractivity contribution is 7.13. The molecule has 5 nitrogen and oxygen atoms in total. The second-order valence-electron chi connectivity index (χ2n) is 6.83. The molecule has 0 atom stereocenters. The normalized spacial score (nSPS) is 16.0. The number of hydrogen-bond acceptors (Lipinski definition) is 5. The summed E-state index contributed by atoms with van der Waals surface area (Å²) in [6.45, 7) is 7.47. The summed E-state index contributed by atoms with van der Waals surface area (Å²) >= 11 is 1.62. The van der Waals surface area contributed by atoms with E-state index in [4.69, 9.17) is 4.74 Å². The zero-order valence-corrected chi connectivity index (χ0v) is 15.9. The molecule has 0 aliphatic carbocycles. The molecule has 0 N–H and O–H groups in total. The van der Waals surface area contributed by atoms with Crippen molar-refractivity contribution in [2.24, 2.45) is 0 Å². The first kappa shape index (κ1) is 18.0. The lowest BCUT2D eigenvalue weighted by Crippen LogP contribution is -2.58. The van der Waals surface area contributed by atoms with Crippen molar-refractivity contribution in [3.63, 3.8) is 0 Å². The Hall–Kier alpha value is -1.76. The Kier molecular flexibility index (Phi) is 5.51. The van der Waals surface area contributed by atoms with Gasteiger partial charge in [0.1, 0.15) is 5.01 Å². The molecule has 0 radical (unpaired) electrons. The minimum Gasteiger partial charge on any atom is -0.379 e. The molecule has 1 aromatic heterocycles. The van der Waals surface area contributed by atoms with Crippen LogP contribution in [0, 0.1) is 0 Å². The number of likely N-dealkylation sites (N-methyl/N-ethyl adjacent to an activating group) is 1. The van der Waals surface area contributed by atoms with Gasteiger partial charge in [-0.1, -0.05) is 30.3 Å². The second kappa shape index (κ2) is 7.64. The van der Waals surface area contributed by atoms with E-state index in [-0.39, 0.29) is 5.91 Å². The van der Waals surface area contributed by atoms with E-state index in [9.17, 15) is 4.79 Å². The van der Waals surface area contributed by atoms with Gasteiger partial charge in [-0.05, 0) is 13.8 Å². The summed E-state index contributed by atoms with van der Waals surface area (Å²) in [7, 11) is 1.85. The van der Waals surface area contributed by atoms with E-state index < -0.39 is 5.54 Å². The molecule has 0 unspecified atom stereocenters. The zero-order chi connectivity index (χ0) is 17.9. The maximum Gasteiger partial charge on any atom is 0.242 e. The molecule has 1 fully saturated rings. The molecule has 1 saturated heterocycles. The number of aromatic nitrogens is 1. The van der Waals surface area contributed by atoms with Gasteiger partial charge < -0.3 is 9.64 Å². The molecule has 3 rings (SSSR count). The van der Waals surface area contributed by atoms with Crippen LogP contribution in [0.3, 0.4) is 0 Å². The van der Waals surface area contributed by atoms with E-state index in [0.717, 1.165) is 29.4 Å². The number of morpholine rings is 1. The molecule has 0 saturated carbocycles. The summed E-state index contributed by atoms with van der Waals surface area (Å²) in [6, 6.07) is 10.1. The minimum atomic E-state index is -0.531. The van der Waals surface area contributed by atoms with E-state index in [1.807, 2.05) is 44.5 Å². The summed E-state index contributed by atoms with van der Waals surface area (Å²) < 4.78 is 5.40. The van der Waals surface area contributed by atoms with Crippen molar-refractivity contribution in [1.29, 1.82) is 0 Å². The molecule has 2 heterocycles. The summed E-state index contributed by atoms with van der Waals surface area (Å²) in [5.41, 5.74) is 1.51. The number of hydrogen-bond donors (Lipinski definition) is 0. The van der Waals surface area contributed by atoms with Crippen molar-refractivity contribution in [3.05, 3.63) is 41.4 Å². The van der Waals surface area contributed by atoms with Gasteiger partial charge in [-0.25, -0.2) is 4.98 Å². The molecule has 25 heavy (non-hydrogen) atoms. The van der Waals surface area contributed by atoms with Crippen LogP contribution in [0.1, 0.15) is 19.5 Å². The first-order chi connectivity index (χ1) is 12.0. The topological polar surface area (TPSA) is 45.7 Å². The fourth-order valence-electron chi connectivity index (χ4n) is 3.13. The summed E-state index contributed by atoms with van der Waals surface area (Å²) in [5, 5.41) is 3.03. The molecule has 1 aromatic carbocycles. The molecular weight excluding hydrogens is 334 g/mol. The minimum absolute atomic E-state index is 0.115. The highest BCUT2D eigenvalue weighted by Crippen LogP contribution is 2.25. The fourth-order valence-corrected chi connectivity index (χ4v) is 3.95. The highest BCUT2D eigenvalue weighted by Gasteiger charge is 2.37. The van der Waals surface area contributed by atoms with Gasteiger partial charge in [0, 0.05) is 31.1 Å². The molecule has 134 valence electrons.